The summed E-state index contributed by atoms with van der Waals surface area (Å²) in [6, 6.07) is 10.9. The SMILES string of the molecule is Cc1cc(N)n(CC(=O)N2CCC3(CC2)C(=O)NC(=O)N3Cc2ccccc2)n1. The fourth-order valence-corrected chi connectivity index (χ4v) is 4.13. The number of hydrogen-bond acceptors (Lipinski definition) is 5. The van der Waals surface area contributed by atoms with Gasteiger partial charge in [0.1, 0.15) is 17.9 Å². The number of nitrogen functional groups attached to an aromatic ring is 1. The number of urea groups is 1. The number of amides is 4. The zero-order valence-electron chi connectivity index (χ0n) is 16.3. The van der Waals surface area contributed by atoms with E-state index in [9.17, 15) is 14.4 Å². The second kappa shape index (κ2) is 7.23. The minimum Gasteiger partial charge on any atom is -0.384 e. The van der Waals surface area contributed by atoms with E-state index in [2.05, 4.69) is 10.4 Å². The summed E-state index contributed by atoms with van der Waals surface area (Å²) in [4.78, 5) is 41.1. The molecular weight excluding hydrogens is 372 g/mol. The summed E-state index contributed by atoms with van der Waals surface area (Å²) in [5.41, 5.74) is 6.67. The summed E-state index contributed by atoms with van der Waals surface area (Å²) in [5.74, 6) is 0.0607. The Labute approximate surface area is 168 Å². The molecule has 3 N–H and O–H groups in total. The van der Waals surface area contributed by atoms with Crippen molar-refractivity contribution in [1.29, 1.82) is 0 Å². The van der Waals surface area contributed by atoms with Crippen molar-refractivity contribution in [2.75, 3.05) is 18.8 Å². The third-order valence-electron chi connectivity index (χ3n) is 5.75. The quantitative estimate of drug-likeness (QED) is 0.745. The van der Waals surface area contributed by atoms with Crippen LogP contribution in [0.3, 0.4) is 0 Å². The Morgan fingerprint density at radius 3 is 2.52 bits per heavy atom. The molecular formula is C20H24N6O3. The van der Waals surface area contributed by atoms with Gasteiger partial charge >= 0.3 is 6.03 Å². The fourth-order valence-electron chi connectivity index (χ4n) is 4.13. The lowest BCUT2D eigenvalue weighted by Gasteiger charge is -2.42. The number of anilines is 1. The zero-order chi connectivity index (χ0) is 20.6. The van der Waals surface area contributed by atoms with Crippen molar-refractivity contribution in [1.82, 2.24) is 24.9 Å². The monoisotopic (exact) mass is 396 g/mol. The summed E-state index contributed by atoms with van der Waals surface area (Å²) < 4.78 is 1.48. The molecule has 0 atom stereocenters. The summed E-state index contributed by atoms with van der Waals surface area (Å²) in [5, 5.41) is 6.68. The number of hydrogen-bond donors (Lipinski definition) is 2. The largest absolute Gasteiger partial charge is 0.384 e. The van der Waals surface area contributed by atoms with E-state index in [1.807, 2.05) is 37.3 Å². The number of carbonyl (C=O) groups is 3. The maximum atomic E-state index is 12.7. The minimum absolute atomic E-state index is 0.0610. The molecule has 2 saturated heterocycles. The highest BCUT2D eigenvalue weighted by Crippen LogP contribution is 2.34. The Bertz CT molecular complexity index is 946. The van der Waals surface area contributed by atoms with E-state index in [4.69, 9.17) is 5.73 Å². The fraction of sp³-hybridized carbons (Fsp3) is 0.400. The van der Waals surface area contributed by atoms with Crippen LogP contribution in [0.15, 0.2) is 36.4 Å². The Kier molecular flexibility index (Phi) is 4.73. The van der Waals surface area contributed by atoms with Gasteiger partial charge in [-0.25, -0.2) is 9.48 Å². The molecule has 2 aromatic rings. The first-order valence-corrected chi connectivity index (χ1v) is 9.64. The van der Waals surface area contributed by atoms with Crippen molar-refractivity contribution >= 4 is 23.7 Å². The molecule has 9 heteroatoms. The van der Waals surface area contributed by atoms with E-state index in [1.165, 1.54) is 4.68 Å². The van der Waals surface area contributed by atoms with Crippen LogP contribution >= 0.6 is 0 Å². The highest BCUT2D eigenvalue weighted by Gasteiger charge is 2.54. The van der Waals surface area contributed by atoms with Gasteiger partial charge in [0.05, 0.1) is 5.69 Å². The maximum Gasteiger partial charge on any atom is 0.325 e. The molecule has 2 aliphatic rings. The van der Waals surface area contributed by atoms with Crippen LogP contribution in [0.1, 0.15) is 24.1 Å². The molecule has 0 aliphatic carbocycles. The number of aryl methyl sites for hydroxylation is 1. The molecule has 1 aromatic heterocycles. The third kappa shape index (κ3) is 3.43. The van der Waals surface area contributed by atoms with Crippen LogP contribution < -0.4 is 11.1 Å². The number of imide groups is 1. The number of nitrogens with zero attached hydrogens (tertiary/aromatic N) is 4. The Balaban J connectivity index is 1.46. The molecule has 2 fully saturated rings. The van der Waals surface area contributed by atoms with Gasteiger partial charge in [0.15, 0.2) is 0 Å². The first kappa shape index (κ1) is 19.0. The van der Waals surface area contributed by atoms with Crippen molar-refractivity contribution < 1.29 is 14.4 Å². The van der Waals surface area contributed by atoms with Crippen molar-refractivity contribution in [2.24, 2.45) is 0 Å². The highest BCUT2D eigenvalue weighted by atomic mass is 16.2. The highest BCUT2D eigenvalue weighted by molar-refractivity contribution is 6.07. The molecule has 0 bridgehead atoms. The Morgan fingerprint density at radius 2 is 1.90 bits per heavy atom. The van der Waals surface area contributed by atoms with Gasteiger partial charge in [0, 0.05) is 25.7 Å². The lowest BCUT2D eigenvalue weighted by Crippen LogP contribution is -2.57. The molecule has 2 aliphatic heterocycles. The molecule has 0 saturated carbocycles. The van der Waals surface area contributed by atoms with Gasteiger partial charge in [0.2, 0.25) is 5.91 Å². The second-order valence-corrected chi connectivity index (χ2v) is 7.61. The van der Waals surface area contributed by atoms with Gasteiger partial charge in [-0.2, -0.15) is 5.10 Å². The number of nitrogens with one attached hydrogen (secondary N) is 1. The average Bonchev–Trinajstić information content (AvgIpc) is 3.13. The number of aromatic nitrogens is 2. The molecule has 1 spiro atoms. The second-order valence-electron chi connectivity index (χ2n) is 7.61. The van der Waals surface area contributed by atoms with Gasteiger partial charge in [-0.15, -0.1) is 0 Å². The Hall–Kier alpha value is -3.36. The van der Waals surface area contributed by atoms with E-state index in [0.717, 1.165) is 11.3 Å². The standard InChI is InChI=1S/C20H24N6O3/c1-14-11-16(21)26(23-14)13-17(27)24-9-7-20(8-10-24)18(28)22-19(29)25(20)12-15-5-3-2-4-6-15/h2-6,11H,7-10,12-13,21H2,1H3,(H,22,28,29). The van der Waals surface area contributed by atoms with Crippen molar-refractivity contribution in [2.45, 2.75) is 38.4 Å². The smallest absolute Gasteiger partial charge is 0.325 e. The molecule has 29 heavy (non-hydrogen) atoms. The summed E-state index contributed by atoms with van der Waals surface area (Å²) in [6.45, 7) is 3.02. The zero-order valence-corrected chi connectivity index (χ0v) is 16.3. The lowest BCUT2D eigenvalue weighted by atomic mass is 9.85. The number of carbonyl (C=O) groups excluding carboxylic acids is 3. The first-order valence-electron chi connectivity index (χ1n) is 9.64. The summed E-state index contributed by atoms with van der Waals surface area (Å²) in [6.07, 6.45) is 0.799. The molecule has 3 heterocycles. The summed E-state index contributed by atoms with van der Waals surface area (Å²) >= 11 is 0. The third-order valence-corrected chi connectivity index (χ3v) is 5.75. The maximum absolute atomic E-state index is 12.7. The molecule has 0 unspecified atom stereocenters. The van der Waals surface area contributed by atoms with E-state index >= 15 is 0 Å². The minimum atomic E-state index is -0.912. The van der Waals surface area contributed by atoms with Gasteiger partial charge in [-0.3, -0.25) is 14.9 Å². The Morgan fingerprint density at radius 1 is 1.21 bits per heavy atom. The molecule has 4 amide bonds. The van der Waals surface area contributed by atoms with Crippen LogP contribution in [0, 0.1) is 6.92 Å². The average molecular weight is 396 g/mol. The first-order chi connectivity index (χ1) is 13.9. The van der Waals surface area contributed by atoms with Crippen LogP contribution in [0.25, 0.3) is 0 Å². The molecule has 0 radical (unpaired) electrons. The number of likely N-dealkylation sites (tertiary alicyclic amines) is 1. The van der Waals surface area contributed by atoms with Crippen LogP contribution in [-0.2, 0) is 22.7 Å². The van der Waals surface area contributed by atoms with Crippen molar-refractivity contribution in [3.05, 3.63) is 47.7 Å². The van der Waals surface area contributed by atoms with Gasteiger partial charge in [0.25, 0.3) is 5.91 Å². The normalized spacial score (nSPS) is 18.4. The number of piperidine rings is 1. The number of rotatable bonds is 4. The van der Waals surface area contributed by atoms with Crippen LogP contribution in [0.4, 0.5) is 10.6 Å². The number of nitrogens with two attached hydrogens (primary N) is 1. The lowest BCUT2D eigenvalue weighted by molar-refractivity contribution is -0.138. The van der Waals surface area contributed by atoms with Crippen LogP contribution in [0.2, 0.25) is 0 Å². The van der Waals surface area contributed by atoms with E-state index in [0.29, 0.717) is 38.3 Å². The van der Waals surface area contributed by atoms with Gasteiger partial charge in [-0.05, 0) is 25.3 Å². The predicted molar refractivity (Wildman–Crippen MR) is 105 cm³/mol. The van der Waals surface area contributed by atoms with Gasteiger partial charge in [-0.1, -0.05) is 30.3 Å². The molecule has 4 rings (SSSR count). The predicted octanol–water partition coefficient (Wildman–Crippen LogP) is 0.887. The van der Waals surface area contributed by atoms with Crippen molar-refractivity contribution in [3.8, 4) is 0 Å². The number of benzene rings is 1. The molecule has 152 valence electrons. The van der Waals surface area contributed by atoms with Crippen molar-refractivity contribution in [3.63, 3.8) is 0 Å². The van der Waals surface area contributed by atoms with E-state index in [1.54, 1.807) is 15.9 Å². The van der Waals surface area contributed by atoms with E-state index in [-0.39, 0.29) is 24.4 Å². The molecule has 9 nitrogen and oxygen atoms in total. The van der Waals surface area contributed by atoms with Gasteiger partial charge < -0.3 is 15.5 Å². The summed E-state index contributed by atoms with van der Waals surface area (Å²) in [7, 11) is 0. The van der Waals surface area contributed by atoms with Crippen LogP contribution in [-0.4, -0.2) is 56.1 Å². The molecule has 1 aromatic carbocycles. The van der Waals surface area contributed by atoms with E-state index < -0.39 is 5.54 Å². The van der Waals surface area contributed by atoms with Crippen LogP contribution in [0.5, 0.6) is 0 Å². The topological polar surface area (TPSA) is 114 Å².